The second kappa shape index (κ2) is 10.8. The van der Waals surface area contributed by atoms with Gasteiger partial charge in [-0.1, -0.05) is 121 Å². The fourth-order valence-corrected chi connectivity index (χ4v) is 8.12. The van der Waals surface area contributed by atoms with E-state index in [1.807, 2.05) is 36.4 Å². The minimum atomic E-state index is -0.320. The first-order valence-electron chi connectivity index (χ1n) is 16.7. The molecule has 228 valence electrons. The minimum absolute atomic E-state index is 0.320. The molecule has 0 saturated carbocycles. The van der Waals surface area contributed by atoms with Crippen molar-refractivity contribution in [1.29, 1.82) is 0 Å². The van der Waals surface area contributed by atoms with E-state index in [9.17, 15) is 0 Å². The number of fused-ring (bicyclic) bond motifs is 10. The van der Waals surface area contributed by atoms with Gasteiger partial charge in [0.1, 0.15) is 0 Å². The van der Waals surface area contributed by atoms with Crippen LogP contribution in [0.3, 0.4) is 0 Å². The molecule has 10 rings (SSSR count). The van der Waals surface area contributed by atoms with Crippen LogP contribution in [0.4, 0.5) is 0 Å². The molecular weight excluding hydrogens is 595 g/mol. The fourth-order valence-electron chi connectivity index (χ4n) is 8.12. The van der Waals surface area contributed by atoms with Crippen molar-refractivity contribution in [1.82, 2.24) is 15.0 Å². The van der Waals surface area contributed by atoms with Gasteiger partial charge in [-0.25, -0.2) is 4.98 Å². The van der Waals surface area contributed by atoms with Crippen molar-refractivity contribution in [3.63, 3.8) is 0 Å². The molecule has 8 aromatic rings. The first-order valence-corrected chi connectivity index (χ1v) is 16.7. The van der Waals surface area contributed by atoms with Crippen LogP contribution in [-0.4, -0.2) is 15.0 Å². The summed E-state index contributed by atoms with van der Waals surface area (Å²) in [6.07, 6.45) is 3.61. The Morgan fingerprint density at radius 3 is 1.24 bits per heavy atom. The van der Waals surface area contributed by atoms with Crippen LogP contribution in [-0.2, 0) is 5.41 Å². The zero-order chi connectivity index (χ0) is 32.4. The van der Waals surface area contributed by atoms with E-state index in [1.165, 1.54) is 55.6 Å². The molecule has 0 amide bonds. The van der Waals surface area contributed by atoms with Gasteiger partial charge in [0.05, 0.1) is 28.2 Å². The van der Waals surface area contributed by atoms with Crippen LogP contribution in [0.25, 0.3) is 67.3 Å². The summed E-state index contributed by atoms with van der Waals surface area (Å²) in [5.41, 5.74) is 18.3. The lowest BCUT2D eigenvalue weighted by Crippen LogP contribution is -2.25. The van der Waals surface area contributed by atoms with E-state index in [-0.39, 0.29) is 5.41 Å². The number of hydrogen-bond acceptors (Lipinski definition) is 3. The highest BCUT2D eigenvalue weighted by molar-refractivity contribution is 5.96. The third kappa shape index (κ3) is 4.12. The number of rotatable bonds is 4. The van der Waals surface area contributed by atoms with Crippen LogP contribution in [0.1, 0.15) is 22.3 Å². The maximum atomic E-state index is 4.95. The highest BCUT2D eigenvalue weighted by Crippen LogP contribution is 2.62. The van der Waals surface area contributed by atoms with Crippen LogP contribution < -0.4 is 0 Å². The molecule has 1 spiro atoms. The Morgan fingerprint density at radius 1 is 0.306 bits per heavy atom. The average Bonchev–Trinajstić information content (AvgIpc) is 3.65. The quantitative estimate of drug-likeness (QED) is 0.196. The zero-order valence-electron chi connectivity index (χ0n) is 26.6. The largest absolute Gasteiger partial charge is 0.255 e. The Labute approximate surface area is 285 Å². The third-order valence-electron chi connectivity index (χ3n) is 10.2. The second-order valence-corrected chi connectivity index (χ2v) is 12.8. The Balaban J connectivity index is 1.08. The number of aromatic nitrogens is 3. The maximum Gasteiger partial charge on any atom is 0.0900 e. The molecule has 2 aliphatic rings. The molecule has 0 saturated heterocycles. The molecule has 0 atom stereocenters. The average molecular weight is 624 g/mol. The first-order chi connectivity index (χ1) is 24.3. The minimum Gasteiger partial charge on any atom is -0.255 e. The number of benzene rings is 5. The fraction of sp³-hybridized carbons (Fsp3) is 0.0217. The van der Waals surface area contributed by atoms with Gasteiger partial charge in [0.25, 0.3) is 0 Å². The molecule has 3 heteroatoms. The summed E-state index contributed by atoms with van der Waals surface area (Å²) in [6.45, 7) is 0. The SMILES string of the molecule is c1ccc(-c2cc(-c3ccc(-c4ccc5c(c4)-c4ccccc4C54c5ccccc5-c5ccccc54)cc3)cc(-c3ccccn3)n2)nc1. The van der Waals surface area contributed by atoms with Gasteiger partial charge < -0.3 is 0 Å². The molecule has 3 heterocycles. The van der Waals surface area contributed by atoms with E-state index in [2.05, 4.69) is 137 Å². The summed E-state index contributed by atoms with van der Waals surface area (Å²) in [5, 5.41) is 0. The lowest BCUT2D eigenvalue weighted by molar-refractivity contribution is 0.794. The molecular formula is C46H29N3. The molecule has 49 heavy (non-hydrogen) atoms. The van der Waals surface area contributed by atoms with Crippen LogP contribution in [0.5, 0.6) is 0 Å². The lowest BCUT2D eigenvalue weighted by Gasteiger charge is -2.30. The number of nitrogens with zero attached hydrogens (tertiary/aromatic N) is 3. The van der Waals surface area contributed by atoms with Gasteiger partial charge in [-0.3, -0.25) is 9.97 Å². The predicted octanol–water partition coefficient (Wildman–Crippen LogP) is 10.9. The van der Waals surface area contributed by atoms with E-state index in [1.54, 1.807) is 12.4 Å². The molecule has 0 radical (unpaired) electrons. The van der Waals surface area contributed by atoms with Crippen molar-refractivity contribution in [2.75, 3.05) is 0 Å². The van der Waals surface area contributed by atoms with Crippen molar-refractivity contribution in [3.05, 3.63) is 198 Å². The highest BCUT2D eigenvalue weighted by atomic mass is 14.8. The highest BCUT2D eigenvalue weighted by Gasteiger charge is 2.51. The van der Waals surface area contributed by atoms with Crippen LogP contribution in [0, 0.1) is 0 Å². The maximum absolute atomic E-state index is 4.95. The summed E-state index contributed by atoms with van der Waals surface area (Å²) in [5.74, 6) is 0. The van der Waals surface area contributed by atoms with Gasteiger partial charge in [0.2, 0.25) is 0 Å². The second-order valence-electron chi connectivity index (χ2n) is 12.8. The summed E-state index contributed by atoms with van der Waals surface area (Å²) in [6, 6.07) is 58.9. The van der Waals surface area contributed by atoms with Gasteiger partial charge in [-0.2, -0.15) is 0 Å². The molecule has 3 nitrogen and oxygen atoms in total. The molecule has 0 bridgehead atoms. The molecule has 3 aromatic heterocycles. The van der Waals surface area contributed by atoms with Gasteiger partial charge in [0.15, 0.2) is 0 Å². The van der Waals surface area contributed by atoms with E-state index in [0.29, 0.717) is 0 Å². The molecule has 2 aliphatic carbocycles. The van der Waals surface area contributed by atoms with E-state index < -0.39 is 0 Å². The smallest absolute Gasteiger partial charge is 0.0900 e. The van der Waals surface area contributed by atoms with Gasteiger partial charge in [-0.15, -0.1) is 0 Å². The Kier molecular flexibility index (Phi) is 6.09. The molecule has 5 aromatic carbocycles. The van der Waals surface area contributed by atoms with Crippen LogP contribution >= 0.6 is 0 Å². The van der Waals surface area contributed by atoms with Crippen molar-refractivity contribution >= 4 is 0 Å². The predicted molar refractivity (Wildman–Crippen MR) is 198 cm³/mol. The van der Waals surface area contributed by atoms with Gasteiger partial charge in [0, 0.05) is 12.4 Å². The zero-order valence-corrected chi connectivity index (χ0v) is 26.6. The summed E-state index contributed by atoms with van der Waals surface area (Å²) in [7, 11) is 0. The monoisotopic (exact) mass is 623 g/mol. The molecule has 0 unspecified atom stereocenters. The third-order valence-corrected chi connectivity index (χ3v) is 10.2. The van der Waals surface area contributed by atoms with Gasteiger partial charge >= 0.3 is 0 Å². The number of pyridine rings is 3. The summed E-state index contributed by atoms with van der Waals surface area (Å²) in [4.78, 5) is 14.1. The standard InChI is InChI=1S/C46H29N3/c1-4-14-38-34(11-1)35-12-2-5-15-39(35)46(38)40-16-6-3-13-36(40)37-27-32(23-24-41(37)46)30-19-21-31(22-20-30)33-28-44(42-17-7-9-25-47-42)49-45(29-33)43-18-8-10-26-48-43/h1-29H. The lowest BCUT2D eigenvalue weighted by atomic mass is 9.70. The summed E-state index contributed by atoms with van der Waals surface area (Å²) >= 11 is 0. The van der Waals surface area contributed by atoms with Crippen LogP contribution in [0.15, 0.2) is 176 Å². The van der Waals surface area contributed by atoms with Crippen molar-refractivity contribution in [2.45, 2.75) is 5.41 Å². The van der Waals surface area contributed by atoms with E-state index in [0.717, 1.165) is 33.9 Å². The van der Waals surface area contributed by atoms with Gasteiger partial charge in [-0.05, 0) is 109 Å². The van der Waals surface area contributed by atoms with E-state index in [4.69, 9.17) is 4.98 Å². The Hall–Kier alpha value is -6.45. The van der Waals surface area contributed by atoms with Crippen LogP contribution in [0.2, 0.25) is 0 Å². The first kappa shape index (κ1) is 27.6. The van der Waals surface area contributed by atoms with Crippen molar-refractivity contribution < 1.29 is 0 Å². The van der Waals surface area contributed by atoms with Crippen molar-refractivity contribution in [3.8, 4) is 67.3 Å². The number of hydrogen-bond donors (Lipinski definition) is 0. The molecule has 0 N–H and O–H groups in total. The Bertz CT molecular complexity index is 2430. The normalized spacial score (nSPS) is 13.1. The van der Waals surface area contributed by atoms with Crippen molar-refractivity contribution in [2.24, 2.45) is 0 Å². The molecule has 0 aliphatic heterocycles. The van der Waals surface area contributed by atoms with E-state index >= 15 is 0 Å². The summed E-state index contributed by atoms with van der Waals surface area (Å²) < 4.78 is 0. The molecule has 0 fully saturated rings. The topological polar surface area (TPSA) is 38.7 Å². The Morgan fingerprint density at radius 2 is 0.735 bits per heavy atom.